The Morgan fingerprint density at radius 3 is 2.74 bits per heavy atom. The number of nitro benzene ring substituents is 1. The van der Waals surface area contributed by atoms with E-state index in [1.165, 1.54) is 38.1 Å². The number of benzene rings is 1. The lowest BCUT2D eigenvalue weighted by Crippen LogP contribution is -2.22. The molecule has 2 rings (SSSR count). The molecule has 0 radical (unpaired) electrons. The molecule has 1 N–H and O–H groups in total. The molecule has 0 spiro atoms. The van der Waals surface area contributed by atoms with Gasteiger partial charge in [0.2, 0.25) is 0 Å². The summed E-state index contributed by atoms with van der Waals surface area (Å²) in [4.78, 5) is 12.6. The van der Waals surface area contributed by atoms with Crippen LogP contribution in [0, 0.1) is 10.1 Å². The van der Waals surface area contributed by atoms with E-state index in [4.69, 9.17) is 11.6 Å². The Bertz CT molecular complexity index is 448. The van der Waals surface area contributed by atoms with Crippen molar-refractivity contribution < 1.29 is 4.92 Å². The van der Waals surface area contributed by atoms with Gasteiger partial charge in [0.1, 0.15) is 0 Å². The fourth-order valence-electron chi connectivity index (χ4n) is 2.29. The van der Waals surface area contributed by atoms with Gasteiger partial charge in [-0.3, -0.25) is 10.1 Å². The summed E-state index contributed by atoms with van der Waals surface area (Å²) >= 11 is 6.00. The van der Waals surface area contributed by atoms with E-state index < -0.39 is 4.92 Å². The Hall–Kier alpha value is -1.33. The van der Waals surface area contributed by atoms with E-state index in [2.05, 4.69) is 10.2 Å². The molecule has 1 aromatic carbocycles. The number of likely N-dealkylation sites (tertiary alicyclic amines) is 1. The largest absolute Gasteiger partial charge is 0.384 e. The molecule has 0 saturated carbocycles. The van der Waals surface area contributed by atoms with Crippen LogP contribution in [-0.4, -0.2) is 36.0 Å². The van der Waals surface area contributed by atoms with Gasteiger partial charge in [0.15, 0.2) is 0 Å². The minimum Gasteiger partial charge on any atom is -0.384 e. The van der Waals surface area contributed by atoms with Crippen molar-refractivity contribution in [3.63, 3.8) is 0 Å². The number of anilines is 1. The lowest BCUT2D eigenvalue weighted by Gasteiger charge is -2.15. The maximum Gasteiger partial charge on any atom is 0.271 e. The first-order chi connectivity index (χ1) is 9.16. The van der Waals surface area contributed by atoms with Crippen LogP contribution < -0.4 is 5.32 Å². The van der Waals surface area contributed by atoms with Crippen molar-refractivity contribution in [2.24, 2.45) is 0 Å². The van der Waals surface area contributed by atoms with Gasteiger partial charge in [0.25, 0.3) is 5.69 Å². The van der Waals surface area contributed by atoms with Gasteiger partial charge >= 0.3 is 0 Å². The van der Waals surface area contributed by atoms with Gasteiger partial charge in [0.05, 0.1) is 15.6 Å². The summed E-state index contributed by atoms with van der Waals surface area (Å²) in [6.45, 7) is 4.34. The number of rotatable bonds is 6. The third-order valence-corrected chi connectivity index (χ3v) is 3.64. The first-order valence-electron chi connectivity index (χ1n) is 6.57. The van der Waals surface area contributed by atoms with Crippen molar-refractivity contribution in [3.05, 3.63) is 33.3 Å². The first kappa shape index (κ1) is 14.1. The Labute approximate surface area is 117 Å². The van der Waals surface area contributed by atoms with E-state index >= 15 is 0 Å². The zero-order chi connectivity index (χ0) is 13.7. The summed E-state index contributed by atoms with van der Waals surface area (Å²) in [5.41, 5.74) is 0.779. The molecule has 0 aliphatic carbocycles. The molecular weight excluding hydrogens is 266 g/mol. The van der Waals surface area contributed by atoms with Gasteiger partial charge in [-0.25, -0.2) is 0 Å². The van der Waals surface area contributed by atoms with Crippen molar-refractivity contribution in [2.75, 3.05) is 31.5 Å². The molecule has 1 fully saturated rings. The second kappa shape index (κ2) is 6.73. The van der Waals surface area contributed by atoms with Crippen molar-refractivity contribution >= 4 is 23.0 Å². The fraction of sp³-hybridized carbons (Fsp3) is 0.538. The summed E-state index contributed by atoms with van der Waals surface area (Å²) in [6.07, 6.45) is 3.66. The highest BCUT2D eigenvalue weighted by Crippen LogP contribution is 2.26. The van der Waals surface area contributed by atoms with Gasteiger partial charge in [-0.05, 0) is 45.0 Å². The molecule has 1 heterocycles. The highest BCUT2D eigenvalue weighted by atomic mass is 35.5. The van der Waals surface area contributed by atoms with Gasteiger partial charge in [-0.1, -0.05) is 11.6 Å². The monoisotopic (exact) mass is 283 g/mol. The summed E-state index contributed by atoms with van der Waals surface area (Å²) in [5.74, 6) is 0. The molecule has 0 amide bonds. The van der Waals surface area contributed by atoms with Crippen LogP contribution in [0.5, 0.6) is 0 Å². The number of non-ortho nitro benzene ring substituents is 1. The van der Waals surface area contributed by atoms with Crippen LogP contribution >= 0.6 is 11.6 Å². The third-order valence-electron chi connectivity index (χ3n) is 3.33. The van der Waals surface area contributed by atoms with Crippen molar-refractivity contribution in [1.82, 2.24) is 4.90 Å². The molecule has 1 saturated heterocycles. The third kappa shape index (κ3) is 4.08. The van der Waals surface area contributed by atoms with Crippen LogP contribution in [0.2, 0.25) is 5.02 Å². The minimum atomic E-state index is -0.441. The molecule has 104 valence electrons. The molecule has 19 heavy (non-hydrogen) atoms. The van der Waals surface area contributed by atoms with Crippen LogP contribution in [0.1, 0.15) is 19.3 Å². The van der Waals surface area contributed by atoms with E-state index in [0.29, 0.717) is 5.02 Å². The summed E-state index contributed by atoms with van der Waals surface area (Å²) in [5, 5.41) is 14.2. The number of hydrogen-bond donors (Lipinski definition) is 1. The Morgan fingerprint density at radius 1 is 1.37 bits per heavy atom. The zero-order valence-corrected chi connectivity index (χ0v) is 11.5. The van der Waals surface area contributed by atoms with E-state index in [0.717, 1.165) is 25.2 Å². The SMILES string of the molecule is O=[N+]([O-])c1ccc(NCCCN2CCCC2)c(Cl)c1. The normalized spacial score (nSPS) is 15.6. The number of hydrogen-bond acceptors (Lipinski definition) is 4. The maximum absolute atomic E-state index is 10.6. The Kier molecular flexibility index (Phi) is 4.99. The number of halogens is 1. The molecule has 1 aliphatic rings. The predicted octanol–water partition coefficient (Wildman–Crippen LogP) is 3.15. The van der Waals surface area contributed by atoms with Gasteiger partial charge in [0, 0.05) is 18.7 Å². The van der Waals surface area contributed by atoms with E-state index in [1.807, 2.05) is 0 Å². The van der Waals surface area contributed by atoms with E-state index in [-0.39, 0.29) is 5.69 Å². The summed E-state index contributed by atoms with van der Waals surface area (Å²) < 4.78 is 0. The second-order valence-corrected chi connectivity index (χ2v) is 5.16. The standard InChI is InChI=1S/C13H18ClN3O2/c14-12-10-11(17(18)19)4-5-13(12)15-6-3-9-16-7-1-2-8-16/h4-5,10,15H,1-3,6-9H2. The number of nitrogens with zero attached hydrogens (tertiary/aromatic N) is 2. The highest BCUT2D eigenvalue weighted by Gasteiger charge is 2.11. The van der Waals surface area contributed by atoms with Crippen LogP contribution in [0.4, 0.5) is 11.4 Å². The summed E-state index contributed by atoms with van der Waals surface area (Å²) in [7, 11) is 0. The Balaban J connectivity index is 1.77. The molecule has 6 heteroatoms. The first-order valence-corrected chi connectivity index (χ1v) is 6.95. The number of nitrogens with one attached hydrogen (secondary N) is 1. The molecule has 0 aromatic heterocycles. The average molecular weight is 284 g/mol. The Morgan fingerprint density at radius 2 is 2.11 bits per heavy atom. The average Bonchev–Trinajstić information content (AvgIpc) is 2.89. The molecule has 0 atom stereocenters. The van der Waals surface area contributed by atoms with Gasteiger partial charge in [-0.15, -0.1) is 0 Å². The van der Waals surface area contributed by atoms with Crippen LogP contribution in [0.3, 0.4) is 0 Å². The maximum atomic E-state index is 10.6. The van der Waals surface area contributed by atoms with Gasteiger partial charge < -0.3 is 10.2 Å². The smallest absolute Gasteiger partial charge is 0.271 e. The lowest BCUT2D eigenvalue weighted by atomic mass is 10.2. The van der Waals surface area contributed by atoms with Crippen LogP contribution in [-0.2, 0) is 0 Å². The summed E-state index contributed by atoms with van der Waals surface area (Å²) in [6, 6.07) is 4.51. The molecule has 1 aliphatic heterocycles. The van der Waals surface area contributed by atoms with Crippen molar-refractivity contribution in [1.29, 1.82) is 0 Å². The van der Waals surface area contributed by atoms with Crippen LogP contribution in [0.25, 0.3) is 0 Å². The second-order valence-electron chi connectivity index (χ2n) is 4.75. The highest BCUT2D eigenvalue weighted by molar-refractivity contribution is 6.33. The van der Waals surface area contributed by atoms with E-state index in [9.17, 15) is 10.1 Å². The molecular formula is C13H18ClN3O2. The fourth-order valence-corrected chi connectivity index (χ4v) is 2.53. The van der Waals surface area contributed by atoms with Gasteiger partial charge in [-0.2, -0.15) is 0 Å². The van der Waals surface area contributed by atoms with Crippen LogP contribution in [0.15, 0.2) is 18.2 Å². The zero-order valence-electron chi connectivity index (χ0n) is 10.8. The molecule has 1 aromatic rings. The van der Waals surface area contributed by atoms with Crippen molar-refractivity contribution in [3.8, 4) is 0 Å². The van der Waals surface area contributed by atoms with E-state index in [1.54, 1.807) is 6.07 Å². The predicted molar refractivity (Wildman–Crippen MR) is 76.9 cm³/mol. The lowest BCUT2D eigenvalue weighted by molar-refractivity contribution is -0.384. The quantitative estimate of drug-likeness (QED) is 0.495. The molecule has 5 nitrogen and oxygen atoms in total. The minimum absolute atomic E-state index is 0.0209. The topological polar surface area (TPSA) is 58.4 Å². The van der Waals surface area contributed by atoms with Crippen molar-refractivity contribution in [2.45, 2.75) is 19.3 Å². The molecule has 0 bridgehead atoms. The molecule has 0 unspecified atom stereocenters. The number of nitro groups is 1.